The van der Waals surface area contributed by atoms with Crippen molar-refractivity contribution in [1.82, 2.24) is 0 Å². The minimum absolute atomic E-state index is 0.812. The lowest BCUT2D eigenvalue weighted by Gasteiger charge is -1.93. The van der Waals surface area contributed by atoms with Crippen LogP contribution in [-0.4, -0.2) is 0 Å². The third-order valence-corrected chi connectivity index (χ3v) is 1.57. The van der Waals surface area contributed by atoms with Crippen molar-refractivity contribution in [3.05, 3.63) is 34.9 Å². The van der Waals surface area contributed by atoms with Crippen LogP contribution in [0.5, 0.6) is 0 Å². The summed E-state index contributed by atoms with van der Waals surface area (Å²) in [6.45, 7) is 6.38. The minimum Gasteiger partial charge on any atom is -0.0843 e. The summed E-state index contributed by atoms with van der Waals surface area (Å²) in [5.74, 6) is 0. The number of rotatable bonds is 1. The first-order chi connectivity index (χ1) is 5.74. The van der Waals surface area contributed by atoms with Crippen LogP contribution in [0.25, 0.3) is 0 Å². The normalized spacial score (nSPS) is 8.67. The van der Waals surface area contributed by atoms with Crippen molar-refractivity contribution in [2.24, 2.45) is 0 Å². The van der Waals surface area contributed by atoms with Crippen LogP contribution in [-0.2, 0) is 6.42 Å². The Balaban J connectivity index is 0.000000354. The second kappa shape index (κ2) is 7.17. The summed E-state index contributed by atoms with van der Waals surface area (Å²) in [6.07, 6.45) is 2.33. The molecule has 0 spiro atoms. The molecule has 0 aromatic heterocycles. The van der Waals surface area contributed by atoms with E-state index in [9.17, 15) is 0 Å². The molecule has 68 valence electrons. The van der Waals surface area contributed by atoms with Crippen LogP contribution in [0.4, 0.5) is 0 Å². The Morgan fingerprint density at radius 2 is 1.42 bits per heavy atom. The molecular weight excluding hydrogens is 168 g/mol. The number of hydrogen-bond donors (Lipinski definition) is 0. The molecule has 1 heteroatoms. The Bertz CT molecular complexity index is 189. The van der Waals surface area contributed by atoms with Gasteiger partial charge in [0.15, 0.2) is 0 Å². The van der Waals surface area contributed by atoms with Crippen molar-refractivity contribution < 1.29 is 0 Å². The van der Waals surface area contributed by atoms with E-state index in [1.165, 1.54) is 12.0 Å². The molecule has 0 radical (unpaired) electrons. The fourth-order valence-electron chi connectivity index (χ4n) is 0.720. The van der Waals surface area contributed by atoms with Crippen molar-refractivity contribution in [2.75, 3.05) is 0 Å². The van der Waals surface area contributed by atoms with Gasteiger partial charge in [-0.25, -0.2) is 0 Å². The first kappa shape index (κ1) is 11.5. The van der Waals surface area contributed by atoms with Crippen LogP contribution in [0.1, 0.15) is 32.8 Å². The lowest BCUT2D eigenvalue weighted by molar-refractivity contribution is 1.09. The van der Waals surface area contributed by atoms with Gasteiger partial charge < -0.3 is 0 Å². The van der Waals surface area contributed by atoms with Gasteiger partial charge in [-0.05, 0) is 24.1 Å². The van der Waals surface area contributed by atoms with Crippen LogP contribution in [0.2, 0.25) is 5.02 Å². The summed E-state index contributed by atoms with van der Waals surface area (Å²) in [7, 11) is 0. The van der Waals surface area contributed by atoms with Crippen LogP contribution in [0, 0.1) is 0 Å². The molecule has 0 fully saturated rings. The van der Waals surface area contributed by atoms with Gasteiger partial charge in [-0.3, -0.25) is 0 Å². The maximum absolute atomic E-state index is 5.67. The first-order valence-corrected chi connectivity index (χ1v) is 4.86. The van der Waals surface area contributed by atoms with E-state index in [1.54, 1.807) is 0 Å². The molecule has 0 bridgehead atoms. The minimum atomic E-state index is 0.812. The van der Waals surface area contributed by atoms with Crippen molar-refractivity contribution in [3.63, 3.8) is 0 Å². The van der Waals surface area contributed by atoms with Gasteiger partial charge in [0.05, 0.1) is 0 Å². The summed E-state index contributed by atoms with van der Waals surface area (Å²) < 4.78 is 0. The smallest absolute Gasteiger partial charge is 0.0406 e. The molecule has 0 nitrogen and oxygen atoms in total. The number of hydrogen-bond acceptors (Lipinski definition) is 0. The van der Waals surface area contributed by atoms with Gasteiger partial charge in [0.2, 0.25) is 0 Å². The maximum Gasteiger partial charge on any atom is 0.0406 e. The third-order valence-electron chi connectivity index (χ3n) is 1.32. The zero-order valence-electron chi connectivity index (χ0n) is 8.10. The molecule has 0 aliphatic rings. The predicted molar refractivity (Wildman–Crippen MR) is 56.8 cm³/mol. The van der Waals surface area contributed by atoms with E-state index < -0.39 is 0 Å². The van der Waals surface area contributed by atoms with Gasteiger partial charge in [-0.15, -0.1) is 0 Å². The Kier molecular flexibility index (Phi) is 6.88. The van der Waals surface area contributed by atoms with E-state index in [4.69, 9.17) is 11.6 Å². The van der Waals surface area contributed by atoms with Gasteiger partial charge in [0, 0.05) is 5.02 Å². The molecule has 0 saturated heterocycles. The first-order valence-electron chi connectivity index (χ1n) is 4.49. The van der Waals surface area contributed by atoms with Crippen molar-refractivity contribution in [3.8, 4) is 0 Å². The largest absolute Gasteiger partial charge is 0.0843 e. The van der Waals surface area contributed by atoms with Crippen molar-refractivity contribution >= 4 is 11.6 Å². The summed E-state index contributed by atoms with van der Waals surface area (Å²) in [5, 5.41) is 0.812. The molecule has 12 heavy (non-hydrogen) atoms. The van der Waals surface area contributed by atoms with Crippen LogP contribution in [0.15, 0.2) is 24.3 Å². The monoisotopic (exact) mass is 184 g/mol. The molecule has 0 N–H and O–H groups in total. The quantitative estimate of drug-likeness (QED) is 0.610. The van der Waals surface area contributed by atoms with Crippen molar-refractivity contribution in [2.45, 2.75) is 33.6 Å². The second-order valence-corrected chi connectivity index (χ2v) is 3.12. The molecule has 0 aliphatic carbocycles. The highest BCUT2D eigenvalue weighted by molar-refractivity contribution is 6.30. The number of halogens is 1. The molecule has 0 saturated carbocycles. The Morgan fingerprint density at radius 3 is 1.75 bits per heavy atom. The van der Waals surface area contributed by atoms with E-state index in [2.05, 4.69) is 20.8 Å². The Morgan fingerprint density at radius 1 is 1.00 bits per heavy atom. The van der Waals surface area contributed by atoms with Crippen LogP contribution in [0.3, 0.4) is 0 Å². The summed E-state index contributed by atoms with van der Waals surface area (Å²) in [5.41, 5.74) is 1.33. The van der Waals surface area contributed by atoms with Crippen LogP contribution < -0.4 is 0 Å². The number of aryl methyl sites for hydroxylation is 1. The summed E-state index contributed by atoms with van der Waals surface area (Å²) in [4.78, 5) is 0. The average Bonchev–Trinajstić information content (AvgIpc) is 2.07. The highest BCUT2D eigenvalue weighted by Gasteiger charge is 1.86. The van der Waals surface area contributed by atoms with Gasteiger partial charge in [0.1, 0.15) is 0 Å². The Labute approximate surface area is 80.6 Å². The predicted octanol–water partition coefficient (Wildman–Crippen LogP) is 4.32. The SMILES string of the molecule is CCC.CCc1ccc(Cl)cc1. The maximum atomic E-state index is 5.67. The second-order valence-electron chi connectivity index (χ2n) is 2.69. The Hall–Kier alpha value is -0.490. The molecule has 1 aromatic rings. The van der Waals surface area contributed by atoms with E-state index in [1.807, 2.05) is 24.3 Å². The standard InChI is InChI=1S/C8H9Cl.C3H8/c1-2-7-3-5-8(9)6-4-7;1-3-2/h3-6H,2H2,1H3;3H2,1-2H3. The van der Waals surface area contributed by atoms with E-state index in [0.717, 1.165) is 11.4 Å². The molecule has 1 aromatic carbocycles. The topological polar surface area (TPSA) is 0 Å². The van der Waals surface area contributed by atoms with Gasteiger partial charge >= 0.3 is 0 Å². The fraction of sp³-hybridized carbons (Fsp3) is 0.455. The number of benzene rings is 1. The van der Waals surface area contributed by atoms with Gasteiger partial charge in [-0.1, -0.05) is 50.9 Å². The zero-order chi connectivity index (χ0) is 9.40. The molecule has 0 aliphatic heterocycles. The molecular formula is C11H17Cl. The van der Waals surface area contributed by atoms with Gasteiger partial charge in [-0.2, -0.15) is 0 Å². The van der Waals surface area contributed by atoms with Gasteiger partial charge in [0.25, 0.3) is 0 Å². The fourth-order valence-corrected chi connectivity index (χ4v) is 0.846. The van der Waals surface area contributed by atoms with E-state index >= 15 is 0 Å². The highest BCUT2D eigenvalue weighted by atomic mass is 35.5. The zero-order valence-corrected chi connectivity index (χ0v) is 8.86. The van der Waals surface area contributed by atoms with Crippen molar-refractivity contribution in [1.29, 1.82) is 0 Å². The molecule has 0 amide bonds. The lowest BCUT2D eigenvalue weighted by Crippen LogP contribution is -1.75. The average molecular weight is 185 g/mol. The van der Waals surface area contributed by atoms with E-state index in [-0.39, 0.29) is 0 Å². The molecule has 1 rings (SSSR count). The molecule has 0 unspecified atom stereocenters. The molecule has 0 atom stereocenters. The highest BCUT2D eigenvalue weighted by Crippen LogP contribution is 2.09. The van der Waals surface area contributed by atoms with Crippen LogP contribution >= 0.6 is 11.6 Å². The summed E-state index contributed by atoms with van der Waals surface area (Å²) in [6, 6.07) is 7.92. The third kappa shape index (κ3) is 5.20. The summed E-state index contributed by atoms with van der Waals surface area (Å²) >= 11 is 5.67. The lowest BCUT2D eigenvalue weighted by atomic mass is 10.2. The van der Waals surface area contributed by atoms with E-state index in [0.29, 0.717) is 0 Å². The molecule has 0 heterocycles.